The molecule has 1 saturated heterocycles. The Morgan fingerprint density at radius 2 is 2.15 bits per heavy atom. The third-order valence-corrected chi connectivity index (χ3v) is 5.74. The largest absolute Gasteiger partial charge is 0.379 e. The van der Waals surface area contributed by atoms with Gasteiger partial charge in [0.05, 0.1) is 18.1 Å². The van der Waals surface area contributed by atoms with E-state index in [1.165, 1.54) is 11.3 Å². The topological polar surface area (TPSA) is 84.7 Å². The third kappa shape index (κ3) is 4.51. The van der Waals surface area contributed by atoms with Gasteiger partial charge in [-0.15, -0.1) is 11.3 Å². The number of thiophene rings is 1. The van der Waals surface area contributed by atoms with Crippen LogP contribution in [0.2, 0.25) is 0 Å². The lowest BCUT2D eigenvalue weighted by atomic mass is 10.3. The van der Waals surface area contributed by atoms with Crippen LogP contribution in [0.4, 0.5) is 0 Å². The van der Waals surface area contributed by atoms with Crippen LogP contribution in [0.3, 0.4) is 0 Å². The van der Waals surface area contributed by atoms with E-state index >= 15 is 0 Å². The molecule has 0 saturated carbocycles. The lowest BCUT2D eigenvalue weighted by Crippen LogP contribution is -2.38. The molecule has 0 spiro atoms. The molecule has 2 rings (SSSR count). The van der Waals surface area contributed by atoms with E-state index in [4.69, 9.17) is 10.5 Å². The van der Waals surface area contributed by atoms with Crippen LogP contribution in [0.5, 0.6) is 0 Å². The van der Waals surface area contributed by atoms with Crippen LogP contribution in [-0.4, -0.2) is 52.7 Å². The third-order valence-electron chi connectivity index (χ3n) is 3.19. The fourth-order valence-electron chi connectivity index (χ4n) is 2.03. The van der Waals surface area contributed by atoms with Gasteiger partial charge in [0.2, 0.25) is 10.0 Å². The van der Waals surface area contributed by atoms with Crippen molar-refractivity contribution in [3.63, 3.8) is 0 Å². The van der Waals surface area contributed by atoms with Crippen molar-refractivity contribution in [3.05, 3.63) is 16.3 Å². The van der Waals surface area contributed by atoms with Crippen molar-refractivity contribution in [1.29, 1.82) is 0 Å². The van der Waals surface area contributed by atoms with E-state index in [2.05, 4.69) is 9.62 Å². The molecule has 114 valence electrons. The Bertz CT molecular complexity index is 510. The normalized spacial score (nSPS) is 17.4. The van der Waals surface area contributed by atoms with Crippen molar-refractivity contribution in [1.82, 2.24) is 9.62 Å². The van der Waals surface area contributed by atoms with Gasteiger partial charge in [-0.2, -0.15) is 0 Å². The number of nitrogens with two attached hydrogens (primary N) is 1. The molecule has 1 aliphatic rings. The molecule has 0 atom stereocenters. The molecule has 0 bridgehead atoms. The van der Waals surface area contributed by atoms with Crippen molar-refractivity contribution < 1.29 is 13.2 Å². The van der Waals surface area contributed by atoms with Gasteiger partial charge in [0.25, 0.3) is 0 Å². The fraction of sp³-hybridized carbons (Fsp3) is 0.667. The van der Waals surface area contributed by atoms with E-state index in [0.29, 0.717) is 18.0 Å². The van der Waals surface area contributed by atoms with Crippen LogP contribution in [-0.2, 0) is 21.3 Å². The van der Waals surface area contributed by atoms with Gasteiger partial charge in [-0.05, 0) is 19.0 Å². The molecule has 1 fully saturated rings. The predicted octanol–water partition coefficient (Wildman–Crippen LogP) is 0.207. The zero-order valence-electron chi connectivity index (χ0n) is 11.4. The van der Waals surface area contributed by atoms with Crippen molar-refractivity contribution >= 4 is 21.4 Å². The van der Waals surface area contributed by atoms with E-state index in [1.807, 2.05) is 0 Å². The van der Waals surface area contributed by atoms with Crippen LogP contribution in [0, 0.1) is 0 Å². The van der Waals surface area contributed by atoms with Crippen molar-refractivity contribution in [2.75, 3.05) is 39.4 Å². The second-order valence-electron chi connectivity index (χ2n) is 4.66. The highest BCUT2D eigenvalue weighted by molar-refractivity contribution is 7.89. The van der Waals surface area contributed by atoms with Crippen LogP contribution in [0.15, 0.2) is 16.3 Å². The maximum atomic E-state index is 12.0. The van der Waals surface area contributed by atoms with Crippen LogP contribution in [0.1, 0.15) is 11.3 Å². The Hall–Kier alpha value is -0.510. The van der Waals surface area contributed by atoms with Gasteiger partial charge in [-0.1, -0.05) is 0 Å². The highest BCUT2D eigenvalue weighted by Gasteiger charge is 2.16. The maximum absolute atomic E-state index is 12.0. The second kappa shape index (κ2) is 7.48. The highest BCUT2D eigenvalue weighted by atomic mass is 32.2. The maximum Gasteiger partial charge on any atom is 0.241 e. The van der Waals surface area contributed by atoms with Gasteiger partial charge in [-0.25, -0.2) is 13.1 Å². The van der Waals surface area contributed by atoms with Crippen molar-refractivity contribution in [3.8, 4) is 0 Å². The van der Waals surface area contributed by atoms with Crippen LogP contribution < -0.4 is 10.5 Å². The summed E-state index contributed by atoms with van der Waals surface area (Å²) in [6.45, 7) is 5.10. The molecular weight excluding hydrogens is 298 g/mol. The number of nitrogens with one attached hydrogen (secondary N) is 1. The lowest BCUT2D eigenvalue weighted by Gasteiger charge is -2.26. The quantitative estimate of drug-likeness (QED) is 0.702. The minimum Gasteiger partial charge on any atom is -0.379 e. The van der Waals surface area contributed by atoms with Gasteiger partial charge >= 0.3 is 0 Å². The molecule has 0 amide bonds. The number of hydrogen-bond donors (Lipinski definition) is 2. The summed E-state index contributed by atoms with van der Waals surface area (Å²) in [6.07, 6.45) is 0.799. The molecule has 0 aromatic carbocycles. The first-order valence-corrected chi connectivity index (χ1v) is 9.05. The molecule has 8 heteroatoms. The lowest BCUT2D eigenvalue weighted by molar-refractivity contribution is 0.0376. The summed E-state index contributed by atoms with van der Waals surface area (Å²) in [6, 6.07) is 1.63. The summed E-state index contributed by atoms with van der Waals surface area (Å²) in [5, 5.41) is 1.63. The van der Waals surface area contributed by atoms with E-state index in [0.717, 1.165) is 44.1 Å². The molecule has 0 unspecified atom stereocenters. The minimum absolute atomic E-state index is 0.314. The van der Waals surface area contributed by atoms with Gasteiger partial charge < -0.3 is 10.5 Å². The molecular formula is C12H21N3O3S2. The van der Waals surface area contributed by atoms with Crippen molar-refractivity contribution in [2.45, 2.75) is 17.9 Å². The Morgan fingerprint density at radius 1 is 1.40 bits per heavy atom. The molecule has 6 nitrogen and oxygen atoms in total. The number of rotatable bonds is 7. The number of hydrogen-bond acceptors (Lipinski definition) is 6. The first kappa shape index (κ1) is 15.9. The zero-order chi connectivity index (χ0) is 14.4. The molecule has 2 heterocycles. The van der Waals surface area contributed by atoms with Gasteiger partial charge in [0, 0.05) is 36.4 Å². The summed E-state index contributed by atoms with van der Waals surface area (Å²) >= 11 is 1.37. The summed E-state index contributed by atoms with van der Waals surface area (Å²) in [4.78, 5) is 3.47. The Morgan fingerprint density at radius 3 is 2.80 bits per heavy atom. The highest BCUT2D eigenvalue weighted by Crippen LogP contribution is 2.18. The zero-order valence-corrected chi connectivity index (χ0v) is 13.0. The van der Waals surface area contributed by atoms with Crippen molar-refractivity contribution in [2.24, 2.45) is 5.73 Å². The summed E-state index contributed by atoms with van der Waals surface area (Å²) in [5.74, 6) is 0. The molecule has 20 heavy (non-hydrogen) atoms. The smallest absolute Gasteiger partial charge is 0.241 e. The number of nitrogens with zero attached hydrogens (tertiary/aromatic N) is 1. The van der Waals surface area contributed by atoms with E-state index in [9.17, 15) is 8.42 Å². The van der Waals surface area contributed by atoms with E-state index < -0.39 is 10.0 Å². The predicted molar refractivity (Wildman–Crippen MR) is 79.3 cm³/mol. The number of morpholine rings is 1. The molecule has 1 aliphatic heterocycles. The standard InChI is InChI=1S/C12H21N3O3S2/c13-9-11-8-12(10-19-11)20(16,17)14-2-1-3-15-4-6-18-7-5-15/h8,10,14H,1-7,9,13H2. The Labute approximate surface area is 124 Å². The van der Waals surface area contributed by atoms with Crippen LogP contribution in [0.25, 0.3) is 0 Å². The van der Waals surface area contributed by atoms with Gasteiger partial charge in [0.15, 0.2) is 0 Å². The molecule has 0 aliphatic carbocycles. The average Bonchev–Trinajstić information content (AvgIpc) is 2.95. The van der Waals surface area contributed by atoms with E-state index in [-0.39, 0.29) is 0 Å². The summed E-state index contributed by atoms with van der Waals surface area (Å²) in [7, 11) is -3.39. The Balaban J connectivity index is 1.74. The summed E-state index contributed by atoms with van der Waals surface area (Å²) in [5.41, 5.74) is 5.49. The monoisotopic (exact) mass is 319 g/mol. The first-order valence-electron chi connectivity index (χ1n) is 6.69. The fourth-order valence-corrected chi connectivity index (χ4v) is 4.26. The minimum atomic E-state index is -3.39. The molecule has 1 aromatic heterocycles. The number of sulfonamides is 1. The van der Waals surface area contributed by atoms with E-state index in [1.54, 1.807) is 11.4 Å². The van der Waals surface area contributed by atoms with Gasteiger partial charge in [0.1, 0.15) is 0 Å². The Kier molecular flexibility index (Phi) is 5.94. The SMILES string of the molecule is NCc1cc(S(=O)(=O)NCCCN2CCOCC2)cs1. The van der Waals surface area contributed by atoms with Crippen LogP contribution >= 0.6 is 11.3 Å². The molecule has 0 radical (unpaired) electrons. The van der Waals surface area contributed by atoms with Gasteiger partial charge in [-0.3, -0.25) is 4.90 Å². The molecule has 3 N–H and O–H groups in total. The first-order chi connectivity index (χ1) is 9.62. The molecule has 1 aromatic rings. The number of ether oxygens (including phenoxy) is 1. The summed E-state index contributed by atoms with van der Waals surface area (Å²) < 4.78 is 32.0. The second-order valence-corrected chi connectivity index (χ2v) is 7.42. The average molecular weight is 319 g/mol.